The van der Waals surface area contributed by atoms with Gasteiger partial charge in [0.2, 0.25) is 5.95 Å². The Hall–Kier alpha value is -2.47. The van der Waals surface area contributed by atoms with E-state index >= 15 is 0 Å². The highest BCUT2D eigenvalue weighted by atomic mass is 32.2. The Balaban J connectivity index is 1.83. The van der Waals surface area contributed by atoms with E-state index < -0.39 is 9.84 Å². The van der Waals surface area contributed by atoms with Crippen molar-refractivity contribution < 1.29 is 8.42 Å². The molecule has 0 radical (unpaired) electrons. The van der Waals surface area contributed by atoms with Crippen molar-refractivity contribution in [2.75, 3.05) is 29.5 Å². The zero-order chi connectivity index (χ0) is 16.6. The molecule has 0 bridgehead atoms. The van der Waals surface area contributed by atoms with Crippen LogP contribution in [0.25, 0.3) is 22.2 Å². The molecule has 2 heterocycles. The molecule has 0 saturated carbocycles. The van der Waals surface area contributed by atoms with Crippen LogP contribution in [0.1, 0.15) is 0 Å². The first-order chi connectivity index (χ1) is 11.6. The smallest absolute Gasteiger partial charge is 0.226 e. The molecule has 4 rings (SSSR count). The average Bonchev–Trinajstić information content (AvgIpc) is 2.61. The molecule has 0 spiro atoms. The minimum Gasteiger partial charge on any atom is -0.339 e. The van der Waals surface area contributed by atoms with Gasteiger partial charge in [-0.2, -0.15) is 0 Å². The predicted molar refractivity (Wildman–Crippen MR) is 95.8 cm³/mol. The molecule has 2 aromatic carbocycles. The van der Waals surface area contributed by atoms with Crippen molar-refractivity contribution in [1.82, 2.24) is 9.97 Å². The summed E-state index contributed by atoms with van der Waals surface area (Å²) in [6.45, 7) is 0.879. The van der Waals surface area contributed by atoms with Crippen molar-refractivity contribution in [1.29, 1.82) is 0 Å². The molecule has 6 heteroatoms. The van der Waals surface area contributed by atoms with Gasteiger partial charge in [-0.1, -0.05) is 48.5 Å². The van der Waals surface area contributed by atoms with E-state index in [0.717, 1.165) is 22.2 Å². The molecule has 3 aromatic rings. The van der Waals surface area contributed by atoms with Crippen molar-refractivity contribution in [2.45, 2.75) is 0 Å². The second-order valence-corrected chi connectivity index (χ2v) is 8.20. The SMILES string of the molecule is O=S1(=O)CCN(c2nc(-c3ccccc3)c3ccccc3n2)CC1. The third kappa shape index (κ3) is 2.85. The molecule has 0 atom stereocenters. The highest BCUT2D eigenvalue weighted by Gasteiger charge is 2.24. The van der Waals surface area contributed by atoms with E-state index in [1.807, 2.05) is 59.5 Å². The zero-order valence-electron chi connectivity index (χ0n) is 13.1. The molecule has 1 aliphatic rings. The van der Waals surface area contributed by atoms with E-state index in [0.29, 0.717) is 19.0 Å². The number of benzene rings is 2. The van der Waals surface area contributed by atoms with Crippen LogP contribution >= 0.6 is 0 Å². The number of rotatable bonds is 2. The summed E-state index contributed by atoms with van der Waals surface area (Å²) in [6.07, 6.45) is 0. The first kappa shape index (κ1) is 15.1. The summed E-state index contributed by atoms with van der Waals surface area (Å²) in [5.41, 5.74) is 2.78. The molecule has 1 aliphatic heterocycles. The monoisotopic (exact) mass is 339 g/mol. The molecule has 1 aromatic heterocycles. The van der Waals surface area contributed by atoms with Gasteiger partial charge in [0, 0.05) is 24.0 Å². The zero-order valence-corrected chi connectivity index (χ0v) is 13.9. The fraction of sp³-hybridized carbons (Fsp3) is 0.222. The van der Waals surface area contributed by atoms with E-state index in [1.165, 1.54) is 0 Å². The van der Waals surface area contributed by atoms with Gasteiger partial charge < -0.3 is 4.90 Å². The van der Waals surface area contributed by atoms with Crippen molar-refractivity contribution in [3.05, 3.63) is 54.6 Å². The van der Waals surface area contributed by atoms with Crippen LogP contribution in [0, 0.1) is 0 Å². The lowest BCUT2D eigenvalue weighted by atomic mass is 10.1. The lowest BCUT2D eigenvalue weighted by molar-refractivity contribution is 0.586. The maximum absolute atomic E-state index is 11.7. The second-order valence-electron chi connectivity index (χ2n) is 5.89. The van der Waals surface area contributed by atoms with Crippen molar-refractivity contribution in [3.63, 3.8) is 0 Å². The van der Waals surface area contributed by atoms with Gasteiger partial charge in [0.25, 0.3) is 0 Å². The molecule has 1 saturated heterocycles. The van der Waals surface area contributed by atoms with Crippen LogP contribution in [0.5, 0.6) is 0 Å². The third-order valence-corrected chi connectivity index (χ3v) is 5.88. The quantitative estimate of drug-likeness (QED) is 0.718. The van der Waals surface area contributed by atoms with Crippen LogP contribution < -0.4 is 4.90 Å². The molecule has 1 fully saturated rings. The van der Waals surface area contributed by atoms with Gasteiger partial charge in [0.15, 0.2) is 9.84 Å². The Kier molecular flexibility index (Phi) is 3.69. The molecule has 5 nitrogen and oxygen atoms in total. The highest BCUT2D eigenvalue weighted by Crippen LogP contribution is 2.28. The fourth-order valence-corrected chi connectivity index (χ4v) is 4.14. The average molecular weight is 339 g/mol. The van der Waals surface area contributed by atoms with E-state index in [2.05, 4.69) is 4.98 Å². The molecular weight excluding hydrogens is 322 g/mol. The van der Waals surface area contributed by atoms with Crippen LogP contribution in [0.3, 0.4) is 0 Å². The maximum atomic E-state index is 11.7. The van der Waals surface area contributed by atoms with Crippen LogP contribution in [0.2, 0.25) is 0 Å². The van der Waals surface area contributed by atoms with Crippen LogP contribution in [0.4, 0.5) is 5.95 Å². The summed E-state index contributed by atoms with van der Waals surface area (Å²) in [7, 11) is -2.93. The largest absolute Gasteiger partial charge is 0.339 e. The molecule has 0 N–H and O–H groups in total. The van der Waals surface area contributed by atoms with E-state index in [1.54, 1.807) is 0 Å². The number of para-hydroxylation sites is 1. The van der Waals surface area contributed by atoms with Crippen LogP contribution in [0.15, 0.2) is 54.6 Å². The number of sulfone groups is 1. The van der Waals surface area contributed by atoms with E-state index in [-0.39, 0.29) is 11.5 Å². The summed E-state index contributed by atoms with van der Waals surface area (Å²) in [5, 5.41) is 0.997. The van der Waals surface area contributed by atoms with E-state index in [4.69, 9.17) is 4.98 Å². The molecule has 24 heavy (non-hydrogen) atoms. The van der Waals surface area contributed by atoms with Gasteiger partial charge >= 0.3 is 0 Å². The topological polar surface area (TPSA) is 63.2 Å². The molecule has 0 amide bonds. The van der Waals surface area contributed by atoms with Gasteiger partial charge in [-0.25, -0.2) is 18.4 Å². The van der Waals surface area contributed by atoms with Crippen LogP contribution in [-0.2, 0) is 9.84 Å². The third-order valence-electron chi connectivity index (χ3n) is 4.27. The standard InChI is InChI=1S/C18H17N3O2S/c22-24(23)12-10-21(11-13-24)18-19-16-9-5-4-8-15(16)17(20-18)14-6-2-1-3-7-14/h1-9H,10-13H2. The Bertz CT molecular complexity index is 974. The van der Waals surface area contributed by atoms with Crippen molar-refractivity contribution in [3.8, 4) is 11.3 Å². The first-order valence-electron chi connectivity index (χ1n) is 7.90. The van der Waals surface area contributed by atoms with Gasteiger partial charge in [-0.3, -0.25) is 0 Å². The number of anilines is 1. The molecule has 122 valence electrons. The van der Waals surface area contributed by atoms with Gasteiger partial charge in [0.1, 0.15) is 0 Å². The summed E-state index contributed by atoms with van der Waals surface area (Å²) in [4.78, 5) is 11.4. The Morgan fingerprint density at radius 1 is 0.833 bits per heavy atom. The maximum Gasteiger partial charge on any atom is 0.226 e. The number of fused-ring (bicyclic) bond motifs is 1. The minimum atomic E-state index is -2.93. The Morgan fingerprint density at radius 2 is 1.50 bits per heavy atom. The number of aromatic nitrogens is 2. The first-order valence-corrected chi connectivity index (χ1v) is 9.72. The lowest BCUT2D eigenvalue weighted by Crippen LogP contribution is -2.41. The summed E-state index contributed by atoms with van der Waals surface area (Å²) in [6, 6.07) is 17.9. The molecular formula is C18H17N3O2S. The number of nitrogens with zero attached hydrogens (tertiary/aromatic N) is 3. The Morgan fingerprint density at radius 3 is 2.25 bits per heavy atom. The highest BCUT2D eigenvalue weighted by molar-refractivity contribution is 7.91. The van der Waals surface area contributed by atoms with Gasteiger partial charge in [0.05, 0.1) is 22.7 Å². The predicted octanol–water partition coefficient (Wildman–Crippen LogP) is 2.53. The number of hydrogen-bond donors (Lipinski definition) is 0. The second kappa shape index (κ2) is 5.87. The minimum absolute atomic E-state index is 0.157. The van der Waals surface area contributed by atoms with Crippen LogP contribution in [-0.4, -0.2) is 43.0 Å². The normalized spacial score (nSPS) is 17.1. The Labute approximate surface area is 140 Å². The van der Waals surface area contributed by atoms with Gasteiger partial charge in [-0.05, 0) is 6.07 Å². The number of hydrogen-bond acceptors (Lipinski definition) is 5. The molecule has 0 aliphatic carbocycles. The van der Waals surface area contributed by atoms with E-state index in [9.17, 15) is 8.42 Å². The van der Waals surface area contributed by atoms with Gasteiger partial charge in [-0.15, -0.1) is 0 Å². The lowest BCUT2D eigenvalue weighted by Gasteiger charge is -2.27. The summed E-state index contributed by atoms with van der Waals surface area (Å²) in [5.74, 6) is 0.913. The van der Waals surface area contributed by atoms with Crippen molar-refractivity contribution in [2.24, 2.45) is 0 Å². The van der Waals surface area contributed by atoms with Crippen molar-refractivity contribution >= 4 is 26.7 Å². The summed E-state index contributed by atoms with van der Waals surface area (Å²) < 4.78 is 23.3. The fourth-order valence-electron chi connectivity index (χ4n) is 2.93. The summed E-state index contributed by atoms with van der Waals surface area (Å²) >= 11 is 0. The molecule has 0 unspecified atom stereocenters.